The van der Waals surface area contributed by atoms with Crippen molar-refractivity contribution in [1.29, 1.82) is 0 Å². The number of imidazole rings is 1. The molecule has 6 rings (SSSR count). The number of nitrogens with one attached hydrogen (secondary N) is 1. The van der Waals surface area contributed by atoms with Crippen molar-refractivity contribution in [1.82, 2.24) is 24.6 Å². The standard InChI is InChI=1S/C27H23N5O2/c1-16-8-10-17(11-9-16)23-25(33)24(31(2)30-23)26-28-21-12-19-14-32(15-20(19)13-22(21)29-26)27(34)18-6-4-3-5-7-18/h3-13,33H,14-15H2,1-2H3,(H,28,29). The van der Waals surface area contributed by atoms with Crippen molar-refractivity contribution in [3.63, 3.8) is 0 Å². The van der Waals surface area contributed by atoms with Crippen LogP contribution < -0.4 is 0 Å². The number of hydrogen-bond acceptors (Lipinski definition) is 4. The van der Waals surface area contributed by atoms with E-state index in [2.05, 4.69) is 10.1 Å². The Kier molecular flexibility index (Phi) is 4.52. The van der Waals surface area contributed by atoms with Crippen molar-refractivity contribution in [3.05, 3.63) is 89.0 Å². The summed E-state index contributed by atoms with van der Waals surface area (Å²) in [7, 11) is 1.80. The lowest BCUT2D eigenvalue weighted by atomic mass is 10.1. The monoisotopic (exact) mass is 449 g/mol. The fraction of sp³-hybridized carbons (Fsp3) is 0.148. The topological polar surface area (TPSA) is 87.0 Å². The Hall–Kier alpha value is -4.39. The second-order valence-corrected chi connectivity index (χ2v) is 8.79. The summed E-state index contributed by atoms with van der Waals surface area (Å²) in [6.07, 6.45) is 0. The molecule has 7 heteroatoms. The van der Waals surface area contributed by atoms with Gasteiger partial charge in [0, 0.05) is 31.3 Å². The molecule has 0 spiro atoms. The summed E-state index contributed by atoms with van der Waals surface area (Å²) >= 11 is 0. The maximum atomic E-state index is 12.9. The molecule has 7 nitrogen and oxygen atoms in total. The molecule has 34 heavy (non-hydrogen) atoms. The summed E-state index contributed by atoms with van der Waals surface area (Å²) in [5, 5.41) is 15.5. The molecule has 2 aromatic heterocycles. The van der Waals surface area contributed by atoms with Crippen LogP contribution in [0.2, 0.25) is 0 Å². The normalized spacial score (nSPS) is 12.9. The molecule has 0 radical (unpaired) electrons. The Morgan fingerprint density at radius 1 is 1.00 bits per heavy atom. The van der Waals surface area contributed by atoms with Crippen molar-refractivity contribution in [3.8, 4) is 28.5 Å². The third-order valence-electron chi connectivity index (χ3n) is 6.41. The molecule has 168 valence electrons. The van der Waals surface area contributed by atoms with Crippen molar-refractivity contribution in [2.45, 2.75) is 20.0 Å². The molecule has 1 aliphatic heterocycles. The Morgan fingerprint density at radius 2 is 1.71 bits per heavy atom. The third kappa shape index (κ3) is 3.25. The number of carbonyl (C=O) groups excluding carboxylic acids is 1. The highest BCUT2D eigenvalue weighted by molar-refractivity contribution is 5.95. The van der Waals surface area contributed by atoms with E-state index < -0.39 is 0 Å². The average molecular weight is 450 g/mol. The van der Waals surface area contributed by atoms with E-state index in [0.717, 1.165) is 33.3 Å². The van der Waals surface area contributed by atoms with E-state index in [-0.39, 0.29) is 11.7 Å². The van der Waals surface area contributed by atoms with Crippen molar-refractivity contribution in [2.24, 2.45) is 7.05 Å². The van der Waals surface area contributed by atoms with Crippen LogP contribution in [0.3, 0.4) is 0 Å². The van der Waals surface area contributed by atoms with E-state index in [0.29, 0.717) is 35.9 Å². The molecule has 0 aliphatic carbocycles. The lowest BCUT2D eigenvalue weighted by molar-refractivity contribution is 0.0751. The largest absolute Gasteiger partial charge is 0.504 e. The highest BCUT2D eigenvalue weighted by Crippen LogP contribution is 2.37. The zero-order valence-corrected chi connectivity index (χ0v) is 18.9. The number of amides is 1. The molecular formula is C27H23N5O2. The second kappa shape index (κ2) is 7.59. The van der Waals surface area contributed by atoms with Crippen LogP contribution in [0.15, 0.2) is 66.7 Å². The number of hydrogen-bond donors (Lipinski definition) is 2. The summed E-state index contributed by atoms with van der Waals surface area (Å²) in [4.78, 5) is 22.8. The van der Waals surface area contributed by atoms with Crippen LogP contribution in [-0.2, 0) is 20.1 Å². The van der Waals surface area contributed by atoms with Gasteiger partial charge < -0.3 is 15.0 Å². The Balaban J connectivity index is 1.33. The number of nitrogens with zero attached hydrogens (tertiary/aromatic N) is 4. The number of benzene rings is 3. The van der Waals surface area contributed by atoms with Crippen LogP contribution in [0, 0.1) is 6.92 Å². The van der Waals surface area contributed by atoms with Gasteiger partial charge in [0.1, 0.15) is 11.4 Å². The molecule has 0 fully saturated rings. The quantitative estimate of drug-likeness (QED) is 0.414. The first-order valence-electron chi connectivity index (χ1n) is 11.2. The van der Waals surface area contributed by atoms with Gasteiger partial charge in [-0.3, -0.25) is 9.48 Å². The molecule has 0 unspecified atom stereocenters. The Labute approximate surface area is 196 Å². The van der Waals surface area contributed by atoms with E-state index in [1.807, 2.05) is 78.6 Å². The Morgan fingerprint density at radius 3 is 2.44 bits per heavy atom. The predicted molar refractivity (Wildman–Crippen MR) is 130 cm³/mol. The molecule has 1 aliphatic rings. The lowest BCUT2D eigenvalue weighted by Crippen LogP contribution is -2.25. The minimum atomic E-state index is 0.0255. The van der Waals surface area contributed by atoms with Gasteiger partial charge in [-0.05, 0) is 42.3 Å². The van der Waals surface area contributed by atoms with E-state index in [9.17, 15) is 9.90 Å². The first-order chi connectivity index (χ1) is 16.5. The van der Waals surface area contributed by atoms with E-state index in [1.54, 1.807) is 11.7 Å². The van der Waals surface area contributed by atoms with Crippen LogP contribution in [0.4, 0.5) is 0 Å². The fourth-order valence-electron chi connectivity index (χ4n) is 4.61. The van der Waals surface area contributed by atoms with Gasteiger partial charge >= 0.3 is 0 Å². The first-order valence-corrected chi connectivity index (χ1v) is 11.2. The number of fused-ring (bicyclic) bond motifs is 2. The number of aromatic amines is 1. The number of carbonyl (C=O) groups is 1. The SMILES string of the molecule is Cc1ccc(-c2nn(C)c(-c3nc4cc5c(cc4[nH]3)CN(C(=O)c3ccccc3)C5)c2O)cc1. The third-order valence-corrected chi connectivity index (χ3v) is 6.41. The van der Waals surface area contributed by atoms with E-state index in [1.165, 1.54) is 0 Å². The number of aryl methyl sites for hydroxylation is 2. The smallest absolute Gasteiger partial charge is 0.254 e. The van der Waals surface area contributed by atoms with Crippen LogP contribution in [0.1, 0.15) is 27.0 Å². The number of rotatable bonds is 3. The Bertz CT molecular complexity index is 1510. The molecule has 0 saturated carbocycles. The molecule has 5 aromatic rings. The highest BCUT2D eigenvalue weighted by atomic mass is 16.3. The molecular weight excluding hydrogens is 426 g/mol. The number of H-pyrrole nitrogens is 1. The fourth-order valence-corrected chi connectivity index (χ4v) is 4.61. The summed E-state index contributed by atoms with van der Waals surface area (Å²) in [6, 6.07) is 21.3. The maximum Gasteiger partial charge on any atom is 0.254 e. The van der Waals surface area contributed by atoms with Gasteiger partial charge in [0.15, 0.2) is 11.6 Å². The predicted octanol–water partition coefficient (Wildman–Crippen LogP) is 4.80. The molecule has 0 atom stereocenters. The van der Waals surface area contributed by atoms with Crippen LogP contribution in [0.5, 0.6) is 5.75 Å². The minimum absolute atomic E-state index is 0.0255. The van der Waals surface area contributed by atoms with Crippen LogP contribution in [0.25, 0.3) is 33.8 Å². The maximum absolute atomic E-state index is 12.9. The first kappa shape index (κ1) is 20.2. The van der Waals surface area contributed by atoms with Gasteiger partial charge in [0.2, 0.25) is 0 Å². The summed E-state index contributed by atoms with van der Waals surface area (Å²) in [5.74, 6) is 0.678. The molecule has 0 bridgehead atoms. The summed E-state index contributed by atoms with van der Waals surface area (Å²) in [6.45, 7) is 3.13. The molecule has 3 heterocycles. The van der Waals surface area contributed by atoms with E-state index in [4.69, 9.17) is 4.98 Å². The zero-order valence-electron chi connectivity index (χ0n) is 18.9. The summed E-state index contributed by atoms with van der Waals surface area (Å²) < 4.78 is 1.65. The molecule has 3 aromatic carbocycles. The van der Waals surface area contributed by atoms with Gasteiger partial charge in [-0.25, -0.2) is 4.98 Å². The van der Waals surface area contributed by atoms with Crippen LogP contribution >= 0.6 is 0 Å². The van der Waals surface area contributed by atoms with Gasteiger partial charge in [0.05, 0.1) is 11.0 Å². The van der Waals surface area contributed by atoms with E-state index >= 15 is 0 Å². The average Bonchev–Trinajstić information content (AvgIpc) is 3.52. The molecule has 0 saturated heterocycles. The minimum Gasteiger partial charge on any atom is -0.504 e. The van der Waals surface area contributed by atoms with Gasteiger partial charge in [-0.2, -0.15) is 5.10 Å². The van der Waals surface area contributed by atoms with Crippen LogP contribution in [-0.4, -0.2) is 35.7 Å². The van der Waals surface area contributed by atoms with Crippen molar-refractivity contribution >= 4 is 16.9 Å². The summed E-state index contributed by atoms with van der Waals surface area (Å²) in [5.41, 5.74) is 7.59. The zero-order chi connectivity index (χ0) is 23.4. The highest BCUT2D eigenvalue weighted by Gasteiger charge is 2.26. The van der Waals surface area contributed by atoms with Crippen molar-refractivity contribution < 1.29 is 9.90 Å². The number of aromatic hydroxyl groups is 1. The second-order valence-electron chi connectivity index (χ2n) is 8.79. The van der Waals surface area contributed by atoms with Gasteiger partial charge in [-0.15, -0.1) is 0 Å². The molecule has 2 N–H and O–H groups in total. The number of aromatic nitrogens is 4. The van der Waals surface area contributed by atoms with Gasteiger partial charge in [0.25, 0.3) is 5.91 Å². The van der Waals surface area contributed by atoms with Gasteiger partial charge in [-0.1, -0.05) is 48.0 Å². The molecule has 1 amide bonds. The lowest BCUT2D eigenvalue weighted by Gasteiger charge is -2.15. The van der Waals surface area contributed by atoms with Crippen molar-refractivity contribution in [2.75, 3.05) is 0 Å².